The van der Waals surface area contributed by atoms with Gasteiger partial charge in [-0.25, -0.2) is 0 Å². The third kappa shape index (κ3) is 4.40. The Labute approximate surface area is 136 Å². The average molecular weight is 336 g/mol. The van der Waals surface area contributed by atoms with E-state index >= 15 is 0 Å². The van der Waals surface area contributed by atoms with E-state index in [0.717, 1.165) is 28.5 Å². The van der Waals surface area contributed by atoms with Gasteiger partial charge in [-0.15, -0.1) is 0 Å². The van der Waals surface area contributed by atoms with Crippen molar-refractivity contribution in [1.29, 1.82) is 0 Å². The fraction of sp³-hybridized carbons (Fsp3) is 0.200. The molecule has 0 spiro atoms. The van der Waals surface area contributed by atoms with E-state index in [2.05, 4.69) is 5.32 Å². The first-order valence-corrected chi connectivity index (χ1v) is 7.14. The van der Waals surface area contributed by atoms with E-state index in [9.17, 15) is 19.7 Å². The Bertz CT molecular complexity index is 803. The summed E-state index contributed by atoms with van der Waals surface area (Å²) in [6.07, 6.45) is 1.05. The van der Waals surface area contributed by atoms with Crippen molar-refractivity contribution >= 4 is 23.2 Å². The smallest absolute Gasteiger partial charge is 0.285 e. The van der Waals surface area contributed by atoms with E-state index in [1.165, 1.54) is 0 Å². The summed E-state index contributed by atoms with van der Waals surface area (Å²) < 4.78 is 0.998. The summed E-state index contributed by atoms with van der Waals surface area (Å²) in [5.41, 5.74) is 0.0821. The number of carbonyl (C=O) groups is 1. The quantitative estimate of drug-likeness (QED) is 0.670. The molecule has 0 aliphatic heterocycles. The van der Waals surface area contributed by atoms with Crippen molar-refractivity contribution in [1.82, 2.24) is 9.88 Å². The van der Waals surface area contributed by atoms with E-state index in [-0.39, 0.29) is 18.3 Å². The van der Waals surface area contributed by atoms with E-state index in [1.54, 1.807) is 25.1 Å². The van der Waals surface area contributed by atoms with Crippen LogP contribution in [0.15, 0.2) is 47.4 Å². The van der Waals surface area contributed by atoms with E-state index in [0.29, 0.717) is 5.02 Å². The predicted molar refractivity (Wildman–Crippen MR) is 85.4 cm³/mol. The predicted octanol–water partition coefficient (Wildman–Crippen LogP) is 2.29. The zero-order chi connectivity index (χ0) is 17.0. The maximum absolute atomic E-state index is 12.0. The molecule has 0 unspecified atom stereocenters. The van der Waals surface area contributed by atoms with Gasteiger partial charge in [0.2, 0.25) is 5.91 Å². The maximum Gasteiger partial charge on any atom is 0.285 e. The monoisotopic (exact) mass is 335 g/mol. The van der Waals surface area contributed by atoms with Crippen LogP contribution >= 0.6 is 11.6 Å². The standard InChI is InChI=1S/C15H14ClN3O4/c1-10(11-3-2-4-12(16)7-11)17-14(20)9-18-8-13(19(22)23)5-6-15(18)21/h2-8,10H,9H2,1H3,(H,17,20)/t10-/m1/s1. The van der Waals surface area contributed by atoms with Gasteiger partial charge in [0.1, 0.15) is 6.54 Å². The average Bonchev–Trinajstić information content (AvgIpc) is 2.49. The largest absolute Gasteiger partial charge is 0.348 e. The number of aromatic nitrogens is 1. The molecule has 0 aliphatic carbocycles. The molecular formula is C15H14ClN3O4. The molecule has 120 valence electrons. The first kappa shape index (κ1) is 16.7. The molecule has 0 bridgehead atoms. The molecule has 23 heavy (non-hydrogen) atoms. The molecule has 1 atom stereocenters. The Morgan fingerprint density at radius 3 is 2.78 bits per heavy atom. The van der Waals surface area contributed by atoms with Crippen LogP contribution in [-0.2, 0) is 11.3 Å². The number of carbonyl (C=O) groups excluding carboxylic acids is 1. The molecule has 1 heterocycles. The summed E-state index contributed by atoms with van der Waals surface area (Å²) in [5, 5.41) is 14.0. The number of halogens is 1. The van der Waals surface area contributed by atoms with Crippen LogP contribution in [-0.4, -0.2) is 15.4 Å². The number of hydrogen-bond donors (Lipinski definition) is 1. The highest BCUT2D eigenvalue weighted by molar-refractivity contribution is 6.30. The van der Waals surface area contributed by atoms with Crippen molar-refractivity contribution in [2.75, 3.05) is 0 Å². The van der Waals surface area contributed by atoms with Crippen LogP contribution < -0.4 is 10.9 Å². The van der Waals surface area contributed by atoms with Gasteiger partial charge in [0.05, 0.1) is 17.2 Å². The van der Waals surface area contributed by atoms with Gasteiger partial charge in [-0.2, -0.15) is 0 Å². The zero-order valence-corrected chi connectivity index (χ0v) is 13.0. The highest BCUT2D eigenvalue weighted by Gasteiger charge is 2.13. The molecule has 0 radical (unpaired) electrons. The second kappa shape index (κ2) is 7.06. The second-order valence-corrected chi connectivity index (χ2v) is 5.39. The van der Waals surface area contributed by atoms with E-state index < -0.39 is 16.4 Å². The molecule has 0 saturated heterocycles. The first-order chi connectivity index (χ1) is 10.9. The molecule has 2 rings (SSSR count). The summed E-state index contributed by atoms with van der Waals surface area (Å²) in [5.74, 6) is -0.430. The normalized spacial score (nSPS) is 11.7. The van der Waals surface area contributed by atoms with E-state index in [4.69, 9.17) is 11.6 Å². The summed E-state index contributed by atoms with van der Waals surface area (Å²) in [6, 6.07) is 8.89. The lowest BCUT2D eigenvalue weighted by molar-refractivity contribution is -0.385. The topological polar surface area (TPSA) is 94.2 Å². The second-order valence-electron chi connectivity index (χ2n) is 4.95. The highest BCUT2D eigenvalue weighted by Crippen LogP contribution is 2.17. The number of nitrogens with one attached hydrogen (secondary N) is 1. The van der Waals surface area contributed by atoms with Gasteiger partial charge in [0.15, 0.2) is 0 Å². The van der Waals surface area contributed by atoms with Gasteiger partial charge in [0, 0.05) is 17.2 Å². The summed E-state index contributed by atoms with van der Waals surface area (Å²) in [6.45, 7) is 1.48. The van der Waals surface area contributed by atoms with Crippen LogP contribution in [0.3, 0.4) is 0 Å². The lowest BCUT2D eigenvalue weighted by Gasteiger charge is -2.15. The minimum absolute atomic E-state index is 0.250. The number of nitro groups is 1. The van der Waals surface area contributed by atoms with Crippen molar-refractivity contribution in [2.45, 2.75) is 19.5 Å². The van der Waals surface area contributed by atoms with Gasteiger partial charge in [0.25, 0.3) is 11.2 Å². The third-order valence-corrected chi connectivity index (χ3v) is 3.45. The molecule has 8 heteroatoms. The van der Waals surface area contributed by atoms with E-state index in [1.807, 2.05) is 6.07 Å². The lowest BCUT2D eigenvalue weighted by Crippen LogP contribution is -2.33. The molecule has 1 amide bonds. The number of nitrogens with zero attached hydrogens (tertiary/aromatic N) is 2. The lowest BCUT2D eigenvalue weighted by atomic mass is 10.1. The molecule has 2 aromatic rings. The van der Waals surface area contributed by atoms with Crippen LogP contribution in [0.2, 0.25) is 5.02 Å². The van der Waals surface area contributed by atoms with Crippen LogP contribution in [0, 0.1) is 10.1 Å². The Morgan fingerprint density at radius 1 is 1.39 bits per heavy atom. The SMILES string of the molecule is C[C@@H](NC(=O)Cn1cc([N+](=O)[O-])ccc1=O)c1cccc(Cl)c1. The van der Waals surface area contributed by atoms with Crippen molar-refractivity contribution in [3.8, 4) is 0 Å². The summed E-state index contributed by atoms with van der Waals surface area (Å²) >= 11 is 5.90. The number of amides is 1. The first-order valence-electron chi connectivity index (χ1n) is 6.76. The van der Waals surface area contributed by atoms with Gasteiger partial charge in [-0.3, -0.25) is 24.3 Å². The summed E-state index contributed by atoms with van der Waals surface area (Å²) in [7, 11) is 0. The van der Waals surface area contributed by atoms with Crippen molar-refractivity contribution < 1.29 is 9.72 Å². The number of benzene rings is 1. The Hall–Kier alpha value is -2.67. The van der Waals surface area contributed by atoms with Crippen molar-refractivity contribution in [2.24, 2.45) is 0 Å². The van der Waals surface area contributed by atoms with Crippen LogP contribution in [0.4, 0.5) is 5.69 Å². The summed E-state index contributed by atoms with van der Waals surface area (Å²) in [4.78, 5) is 33.8. The van der Waals surface area contributed by atoms with Crippen LogP contribution in [0.1, 0.15) is 18.5 Å². The number of pyridine rings is 1. The third-order valence-electron chi connectivity index (χ3n) is 3.22. The molecular weight excluding hydrogens is 322 g/mol. The molecule has 7 nitrogen and oxygen atoms in total. The van der Waals surface area contributed by atoms with Gasteiger partial charge in [-0.1, -0.05) is 23.7 Å². The highest BCUT2D eigenvalue weighted by atomic mass is 35.5. The minimum atomic E-state index is -0.623. The fourth-order valence-corrected chi connectivity index (χ4v) is 2.25. The molecule has 1 N–H and O–H groups in total. The van der Waals surface area contributed by atoms with Crippen molar-refractivity contribution in [3.05, 3.63) is 73.6 Å². The Morgan fingerprint density at radius 2 is 2.13 bits per heavy atom. The number of rotatable bonds is 5. The van der Waals surface area contributed by atoms with Gasteiger partial charge < -0.3 is 5.32 Å². The zero-order valence-electron chi connectivity index (χ0n) is 12.2. The molecule has 1 aromatic heterocycles. The van der Waals surface area contributed by atoms with Crippen LogP contribution in [0.5, 0.6) is 0 Å². The molecule has 0 saturated carbocycles. The van der Waals surface area contributed by atoms with Gasteiger partial charge >= 0.3 is 0 Å². The fourth-order valence-electron chi connectivity index (χ4n) is 2.05. The van der Waals surface area contributed by atoms with Crippen LogP contribution in [0.25, 0.3) is 0 Å². The Balaban J connectivity index is 2.09. The van der Waals surface area contributed by atoms with Crippen molar-refractivity contribution in [3.63, 3.8) is 0 Å². The van der Waals surface area contributed by atoms with Gasteiger partial charge in [-0.05, 0) is 24.6 Å². The molecule has 1 aromatic carbocycles. The maximum atomic E-state index is 12.0. The minimum Gasteiger partial charge on any atom is -0.348 e. The molecule has 0 fully saturated rings. The molecule has 0 aliphatic rings. The Kier molecular flexibility index (Phi) is 5.13. The number of hydrogen-bond acceptors (Lipinski definition) is 4.